The Morgan fingerprint density at radius 2 is 2.18 bits per heavy atom. The van der Waals surface area contributed by atoms with Gasteiger partial charge in [-0.3, -0.25) is 4.79 Å². The lowest BCUT2D eigenvalue weighted by Crippen LogP contribution is -2.38. The topological polar surface area (TPSA) is 58.6 Å². The first kappa shape index (κ1) is 17.1. The standard InChI is InChI=1S/C17H24ClNO3/c1-11(2)8-12(10-20)19-17(21)15-7-6-14(9-16(15)18)22-13-4-3-5-13/h6-7,9,11-13,20H,3-5,8,10H2,1-2H3,(H,19,21). The number of carbonyl (C=O) groups excluding carboxylic acids is 1. The Bertz CT molecular complexity index is 515. The van der Waals surface area contributed by atoms with Crippen molar-refractivity contribution in [1.29, 1.82) is 0 Å². The minimum Gasteiger partial charge on any atom is -0.490 e. The third-order valence-corrected chi connectivity index (χ3v) is 4.16. The first-order valence-corrected chi connectivity index (χ1v) is 8.25. The van der Waals surface area contributed by atoms with Crippen molar-refractivity contribution in [1.82, 2.24) is 5.32 Å². The number of rotatable bonds is 7. The fourth-order valence-electron chi connectivity index (χ4n) is 2.45. The fraction of sp³-hybridized carbons (Fsp3) is 0.588. The molecule has 0 spiro atoms. The van der Waals surface area contributed by atoms with Gasteiger partial charge in [-0.1, -0.05) is 25.4 Å². The average Bonchev–Trinajstić information content (AvgIpc) is 2.41. The SMILES string of the molecule is CC(C)CC(CO)NC(=O)c1ccc(OC2CCC2)cc1Cl. The van der Waals surface area contributed by atoms with Crippen LogP contribution in [-0.2, 0) is 0 Å². The monoisotopic (exact) mass is 325 g/mol. The highest BCUT2D eigenvalue weighted by atomic mass is 35.5. The fourth-order valence-corrected chi connectivity index (χ4v) is 2.70. The molecule has 22 heavy (non-hydrogen) atoms. The molecule has 2 N–H and O–H groups in total. The van der Waals surface area contributed by atoms with Gasteiger partial charge in [-0.25, -0.2) is 0 Å². The normalized spacial score (nSPS) is 16.2. The van der Waals surface area contributed by atoms with Crippen LogP contribution in [0.15, 0.2) is 18.2 Å². The smallest absolute Gasteiger partial charge is 0.253 e. The first-order valence-electron chi connectivity index (χ1n) is 7.87. The van der Waals surface area contributed by atoms with Crippen LogP contribution in [0.3, 0.4) is 0 Å². The van der Waals surface area contributed by atoms with Gasteiger partial charge < -0.3 is 15.2 Å². The van der Waals surface area contributed by atoms with Crippen molar-refractivity contribution < 1.29 is 14.6 Å². The number of ether oxygens (including phenoxy) is 1. The average molecular weight is 326 g/mol. The highest BCUT2D eigenvalue weighted by Gasteiger charge is 2.20. The van der Waals surface area contributed by atoms with Crippen LogP contribution in [0.5, 0.6) is 5.75 Å². The molecule has 0 aliphatic heterocycles. The molecule has 1 aliphatic carbocycles. The van der Waals surface area contributed by atoms with E-state index in [9.17, 15) is 9.90 Å². The predicted molar refractivity (Wildman–Crippen MR) is 87.5 cm³/mol. The number of aliphatic hydroxyl groups excluding tert-OH is 1. The summed E-state index contributed by atoms with van der Waals surface area (Å²) in [6.07, 6.45) is 4.36. The van der Waals surface area contributed by atoms with Crippen LogP contribution < -0.4 is 10.1 Å². The number of nitrogens with one attached hydrogen (secondary N) is 1. The van der Waals surface area contributed by atoms with Gasteiger partial charge in [0.2, 0.25) is 0 Å². The maximum Gasteiger partial charge on any atom is 0.253 e. The molecule has 1 saturated carbocycles. The van der Waals surface area contributed by atoms with Crippen molar-refractivity contribution in [3.05, 3.63) is 28.8 Å². The summed E-state index contributed by atoms with van der Waals surface area (Å²) in [6.45, 7) is 4.02. The molecule has 1 amide bonds. The Balaban J connectivity index is 1.99. The van der Waals surface area contributed by atoms with E-state index >= 15 is 0 Å². The van der Waals surface area contributed by atoms with E-state index < -0.39 is 0 Å². The van der Waals surface area contributed by atoms with Crippen LogP contribution in [0.25, 0.3) is 0 Å². The molecule has 1 aliphatic rings. The molecule has 4 nitrogen and oxygen atoms in total. The Kier molecular flexibility index (Phi) is 6.09. The van der Waals surface area contributed by atoms with E-state index in [4.69, 9.17) is 16.3 Å². The van der Waals surface area contributed by atoms with E-state index in [0.29, 0.717) is 22.3 Å². The number of carbonyl (C=O) groups is 1. The summed E-state index contributed by atoms with van der Waals surface area (Å²) in [5.74, 6) is 0.832. The summed E-state index contributed by atoms with van der Waals surface area (Å²) in [7, 11) is 0. The van der Waals surface area contributed by atoms with E-state index in [0.717, 1.165) is 19.3 Å². The number of amides is 1. The lowest BCUT2D eigenvalue weighted by Gasteiger charge is -2.26. The summed E-state index contributed by atoms with van der Waals surface area (Å²) in [5.41, 5.74) is 0.407. The molecule has 0 bridgehead atoms. The second-order valence-corrected chi connectivity index (χ2v) is 6.70. The zero-order valence-electron chi connectivity index (χ0n) is 13.1. The summed E-state index contributed by atoms with van der Waals surface area (Å²) >= 11 is 6.20. The number of benzene rings is 1. The van der Waals surface area contributed by atoms with Crippen molar-refractivity contribution in [3.8, 4) is 5.75 Å². The lowest BCUT2D eigenvalue weighted by atomic mass is 9.96. The maximum absolute atomic E-state index is 12.3. The Morgan fingerprint density at radius 3 is 2.68 bits per heavy atom. The number of hydrogen-bond donors (Lipinski definition) is 2. The van der Waals surface area contributed by atoms with Crippen LogP contribution in [0.4, 0.5) is 0 Å². The number of aliphatic hydroxyl groups is 1. The van der Waals surface area contributed by atoms with Gasteiger partial charge in [-0.05, 0) is 49.8 Å². The highest BCUT2D eigenvalue weighted by molar-refractivity contribution is 6.34. The molecule has 1 aromatic carbocycles. The molecule has 0 saturated heterocycles. The summed E-state index contributed by atoms with van der Waals surface area (Å²) < 4.78 is 5.76. The van der Waals surface area contributed by atoms with Crippen molar-refractivity contribution in [2.75, 3.05) is 6.61 Å². The molecule has 5 heteroatoms. The Hall–Kier alpha value is -1.26. The van der Waals surface area contributed by atoms with E-state index in [1.807, 2.05) is 13.8 Å². The highest BCUT2D eigenvalue weighted by Crippen LogP contribution is 2.28. The van der Waals surface area contributed by atoms with Crippen molar-refractivity contribution >= 4 is 17.5 Å². The third-order valence-electron chi connectivity index (χ3n) is 3.85. The van der Waals surface area contributed by atoms with Crippen LogP contribution in [0.1, 0.15) is 49.9 Å². The van der Waals surface area contributed by atoms with E-state index in [2.05, 4.69) is 5.32 Å². The third kappa shape index (κ3) is 4.62. The maximum atomic E-state index is 12.3. The van der Waals surface area contributed by atoms with Crippen molar-refractivity contribution in [2.45, 2.75) is 51.7 Å². The molecule has 0 aromatic heterocycles. The van der Waals surface area contributed by atoms with Gasteiger partial charge in [0.25, 0.3) is 5.91 Å². The molecule has 1 aromatic rings. The first-order chi connectivity index (χ1) is 10.5. The molecule has 1 fully saturated rings. The molecule has 1 unspecified atom stereocenters. The predicted octanol–water partition coefficient (Wildman–Crippen LogP) is 3.41. The zero-order chi connectivity index (χ0) is 16.1. The largest absolute Gasteiger partial charge is 0.490 e. The van der Waals surface area contributed by atoms with Gasteiger partial charge in [-0.2, -0.15) is 0 Å². The molecule has 1 atom stereocenters. The molecular formula is C17H24ClNO3. The second kappa shape index (κ2) is 7.84. The van der Waals surface area contributed by atoms with Crippen LogP contribution in [0, 0.1) is 5.92 Å². The van der Waals surface area contributed by atoms with Crippen LogP contribution >= 0.6 is 11.6 Å². The van der Waals surface area contributed by atoms with Gasteiger partial charge in [0, 0.05) is 0 Å². The molecule has 122 valence electrons. The minimum atomic E-state index is -0.264. The lowest BCUT2D eigenvalue weighted by molar-refractivity contribution is 0.0908. The summed E-state index contributed by atoms with van der Waals surface area (Å²) in [5, 5.41) is 12.5. The van der Waals surface area contributed by atoms with Crippen molar-refractivity contribution in [2.24, 2.45) is 5.92 Å². The van der Waals surface area contributed by atoms with Crippen LogP contribution in [-0.4, -0.2) is 29.8 Å². The second-order valence-electron chi connectivity index (χ2n) is 6.29. The van der Waals surface area contributed by atoms with Crippen molar-refractivity contribution in [3.63, 3.8) is 0 Å². The summed E-state index contributed by atoms with van der Waals surface area (Å²) in [6, 6.07) is 4.88. The molecular weight excluding hydrogens is 302 g/mol. The van der Waals surface area contributed by atoms with Gasteiger partial charge in [0.15, 0.2) is 0 Å². The molecule has 0 heterocycles. The summed E-state index contributed by atoms with van der Waals surface area (Å²) in [4.78, 5) is 12.3. The quantitative estimate of drug-likeness (QED) is 0.807. The zero-order valence-corrected chi connectivity index (χ0v) is 13.9. The molecule has 0 radical (unpaired) electrons. The minimum absolute atomic E-state index is 0.0790. The van der Waals surface area contributed by atoms with Gasteiger partial charge in [0.05, 0.1) is 29.3 Å². The van der Waals surface area contributed by atoms with Gasteiger partial charge in [0.1, 0.15) is 5.75 Å². The van der Waals surface area contributed by atoms with Gasteiger partial charge >= 0.3 is 0 Å². The Labute approximate surface area is 136 Å². The van der Waals surface area contributed by atoms with Crippen LogP contribution in [0.2, 0.25) is 5.02 Å². The van der Waals surface area contributed by atoms with E-state index in [1.54, 1.807) is 18.2 Å². The van der Waals surface area contributed by atoms with E-state index in [1.165, 1.54) is 6.42 Å². The van der Waals surface area contributed by atoms with E-state index in [-0.39, 0.29) is 24.7 Å². The Morgan fingerprint density at radius 1 is 1.45 bits per heavy atom. The number of halogens is 1. The van der Waals surface area contributed by atoms with Gasteiger partial charge in [-0.15, -0.1) is 0 Å². The molecule has 2 rings (SSSR count). The number of hydrogen-bond acceptors (Lipinski definition) is 3.